The van der Waals surface area contributed by atoms with Crippen LogP contribution in [0.2, 0.25) is 0 Å². The molecule has 2 heterocycles. The first-order valence-electron chi connectivity index (χ1n) is 5.76. The topological polar surface area (TPSA) is 89.0 Å². The maximum atomic E-state index is 12.2. The van der Waals surface area contributed by atoms with E-state index in [2.05, 4.69) is 9.72 Å². The Bertz CT molecular complexity index is 491. The van der Waals surface area contributed by atoms with Crippen molar-refractivity contribution in [1.29, 1.82) is 0 Å². The second-order valence-corrected chi connectivity index (χ2v) is 4.00. The number of hydrogen-bond acceptors (Lipinski definition) is 6. The molecule has 1 aromatic heterocycles. The van der Waals surface area contributed by atoms with E-state index in [1.165, 1.54) is 30.3 Å². The first-order valence-corrected chi connectivity index (χ1v) is 5.76. The number of hydrogen-bond donors (Lipinski definition) is 1. The Balaban J connectivity index is 2.11. The average molecular weight is 266 g/mol. The van der Waals surface area contributed by atoms with Crippen molar-refractivity contribution in [3.8, 4) is 5.75 Å². The van der Waals surface area contributed by atoms with Gasteiger partial charge in [0.2, 0.25) is 0 Å². The monoisotopic (exact) mass is 266 g/mol. The second-order valence-electron chi connectivity index (χ2n) is 4.00. The van der Waals surface area contributed by atoms with Crippen LogP contribution >= 0.6 is 0 Å². The van der Waals surface area contributed by atoms with E-state index in [-0.39, 0.29) is 24.6 Å². The molecule has 1 amide bonds. The van der Waals surface area contributed by atoms with Crippen LogP contribution in [0.1, 0.15) is 10.5 Å². The lowest BCUT2D eigenvalue weighted by atomic mass is 10.2. The van der Waals surface area contributed by atoms with Crippen LogP contribution in [0.25, 0.3) is 0 Å². The van der Waals surface area contributed by atoms with Gasteiger partial charge in [0, 0.05) is 12.7 Å². The summed E-state index contributed by atoms with van der Waals surface area (Å²) < 4.78 is 9.81. The molecule has 0 saturated carbocycles. The summed E-state index contributed by atoms with van der Waals surface area (Å²) in [6.45, 7) is 0.656. The SMILES string of the molecule is COC(=O)C1CN(C(=O)c2ncccc2O)CCO1. The Kier molecular flexibility index (Phi) is 3.96. The molecular formula is C12H14N2O5. The number of methoxy groups -OCH3 is 1. The quantitative estimate of drug-likeness (QED) is 0.746. The molecular weight excluding hydrogens is 252 g/mol. The van der Waals surface area contributed by atoms with Crippen molar-refractivity contribution >= 4 is 11.9 Å². The van der Waals surface area contributed by atoms with Crippen LogP contribution in [0.5, 0.6) is 5.75 Å². The highest BCUT2D eigenvalue weighted by Gasteiger charge is 2.31. The molecule has 102 valence electrons. The number of esters is 1. The van der Waals surface area contributed by atoms with Gasteiger partial charge in [-0.1, -0.05) is 0 Å². The summed E-state index contributed by atoms with van der Waals surface area (Å²) in [5, 5.41) is 9.60. The van der Waals surface area contributed by atoms with Gasteiger partial charge in [-0.05, 0) is 12.1 Å². The molecule has 0 aromatic carbocycles. The van der Waals surface area contributed by atoms with Crippen LogP contribution in [0.3, 0.4) is 0 Å². The lowest BCUT2D eigenvalue weighted by Gasteiger charge is -2.31. The van der Waals surface area contributed by atoms with Gasteiger partial charge in [0.15, 0.2) is 11.8 Å². The molecule has 1 atom stereocenters. The minimum atomic E-state index is -0.798. The molecule has 0 aliphatic carbocycles. The van der Waals surface area contributed by atoms with Gasteiger partial charge in [-0.25, -0.2) is 9.78 Å². The summed E-state index contributed by atoms with van der Waals surface area (Å²) in [5.41, 5.74) is -0.0342. The third kappa shape index (κ3) is 2.82. The number of morpholine rings is 1. The molecule has 0 bridgehead atoms. The van der Waals surface area contributed by atoms with Crippen molar-refractivity contribution in [3.05, 3.63) is 24.0 Å². The summed E-state index contributed by atoms with van der Waals surface area (Å²) in [5.74, 6) is -1.15. The smallest absolute Gasteiger partial charge is 0.336 e. The zero-order valence-corrected chi connectivity index (χ0v) is 10.4. The molecule has 0 radical (unpaired) electrons. The second kappa shape index (κ2) is 5.66. The average Bonchev–Trinajstić information content (AvgIpc) is 2.46. The van der Waals surface area contributed by atoms with Crippen LogP contribution in [-0.2, 0) is 14.3 Å². The van der Waals surface area contributed by atoms with Gasteiger partial charge >= 0.3 is 5.97 Å². The van der Waals surface area contributed by atoms with E-state index in [4.69, 9.17) is 4.74 Å². The molecule has 1 fully saturated rings. The predicted octanol–water partition coefficient (Wildman–Crippen LogP) is -0.199. The Hall–Kier alpha value is -2.15. The summed E-state index contributed by atoms with van der Waals surface area (Å²) >= 11 is 0. The van der Waals surface area contributed by atoms with Gasteiger partial charge < -0.3 is 19.5 Å². The van der Waals surface area contributed by atoms with E-state index < -0.39 is 18.0 Å². The number of carbonyl (C=O) groups is 2. The van der Waals surface area contributed by atoms with Gasteiger partial charge in [-0.3, -0.25) is 4.79 Å². The van der Waals surface area contributed by atoms with Gasteiger partial charge in [0.1, 0.15) is 5.75 Å². The van der Waals surface area contributed by atoms with Gasteiger partial charge in [-0.2, -0.15) is 0 Å². The van der Waals surface area contributed by atoms with E-state index in [9.17, 15) is 14.7 Å². The molecule has 0 spiro atoms. The highest BCUT2D eigenvalue weighted by atomic mass is 16.6. The van der Waals surface area contributed by atoms with Gasteiger partial charge in [-0.15, -0.1) is 0 Å². The summed E-state index contributed by atoms with van der Waals surface area (Å²) in [4.78, 5) is 28.8. The fourth-order valence-electron chi connectivity index (χ4n) is 1.82. The van der Waals surface area contributed by atoms with E-state index in [0.29, 0.717) is 6.54 Å². The minimum Gasteiger partial charge on any atom is -0.505 e. The van der Waals surface area contributed by atoms with Crippen LogP contribution in [0, 0.1) is 0 Å². The van der Waals surface area contributed by atoms with Gasteiger partial charge in [0.25, 0.3) is 5.91 Å². The molecule has 1 aromatic rings. The third-order valence-electron chi connectivity index (χ3n) is 2.81. The van der Waals surface area contributed by atoms with Crippen LogP contribution < -0.4 is 0 Å². The molecule has 1 aliphatic rings. The minimum absolute atomic E-state index is 0.0342. The number of aromatic hydroxyl groups is 1. The first kappa shape index (κ1) is 13.3. The Morgan fingerprint density at radius 1 is 1.58 bits per heavy atom. The Morgan fingerprint density at radius 3 is 3.05 bits per heavy atom. The number of carbonyl (C=O) groups excluding carboxylic acids is 2. The van der Waals surface area contributed by atoms with Crippen LogP contribution in [-0.4, -0.2) is 59.8 Å². The van der Waals surface area contributed by atoms with Crippen LogP contribution in [0.15, 0.2) is 18.3 Å². The zero-order chi connectivity index (χ0) is 13.8. The van der Waals surface area contributed by atoms with Gasteiger partial charge in [0.05, 0.1) is 20.3 Å². The largest absolute Gasteiger partial charge is 0.505 e. The molecule has 7 nitrogen and oxygen atoms in total. The highest BCUT2D eigenvalue weighted by Crippen LogP contribution is 2.17. The van der Waals surface area contributed by atoms with Crippen molar-refractivity contribution in [2.75, 3.05) is 26.8 Å². The lowest BCUT2D eigenvalue weighted by molar-refractivity contribution is -0.158. The maximum Gasteiger partial charge on any atom is 0.336 e. The molecule has 1 aliphatic heterocycles. The summed E-state index contributed by atoms with van der Waals surface area (Å²) in [6.07, 6.45) is 0.624. The third-order valence-corrected chi connectivity index (χ3v) is 2.81. The zero-order valence-electron chi connectivity index (χ0n) is 10.4. The molecule has 1 N–H and O–H groups in total. The number of nitrogens with zero attached hydrogens (tertiary/aromatic N) is 2. The maximum absolute atomic E-state index is 12.2. The van der Waals surface area contributed by atoms with E-state index in [1.54, 1.807) is 0 Å². The van der Waals surface area contributed by atoms with E-state index in [1.807, 2.05) is 0 Å². The summed E-state index contributed by atoms with van der Waals surface area (Å²) in [6, 6.07) is 2.92. The van der Waals surface area contributed by atoms with Crippen molar-refractivity contribution in [1.82, 2.24) is 9.88 Å². The predicted molar refractivity (Wildman–Crippen MR) is 63.6 cm³/mol. The van der Waals surface area contributed by atoms with Crippen molar-refractivity contribution in [2.45, 2.75) is 6.10 Å². The van der Waals surface area contributed by atoms with Crippen molar-refractivity contribution in [2.24, 2.45) is 0 Å². The number of amides is 1. The number of pyridine rings is 1. The molecule has 19 heavy (non-hydrogen) atoms. The van der Waals surface area contributed by atoms with Crippen molar-refractivity contribution < 1.29 is 24.2 Å². The van der Waals surface area contributed by atoms with Crippen LogP contribution in [0.4, 0.5) is 0 Å². The Morgan fingerprint density at radius 2 is 2.37 bits per heavy atom. The number of ether oxygens (including phenoxy) is 2. The molecule has 7 heteroatoms. The normalized spacial score (nSPS) is 19.0. The Labute approximate surface area is 109 Å². The first-order chi connectivity index (χ1) is 9.13. The summed E-state index contributed by atoms with van der Waals surface area (Å²) in [7, 11) is 1.26. The molecule has 1 unspecified atom stereocenters. The standard InChI is InChI=1S/C12H14N2O5/c1-18-12(17)9-7-14(5-6-19-9)11(16)10-8(15)3-2-4-13-10/h2-4,9,15H,5-7H2,1H3. The molecule has 1 saturated heterocycles. The molecule has 2 rings (SSSR count). The number of aromatic nitrogens is 1. The number of rotatable bonds is 2. The fraction of sp³-hybridized carbons (Fsp3) is 0.417. The van der Waals surface area contributed by atoms with E-state index >= 15 is 0 Å². The van der Waals surface area contributed by atoms with E-state index in [0.717, 1.165) is 0 Å². The lowest BCUT2D eigenvalue weighted by Crippen LogP contribution is -2.49. The highest BCUT2D eigenvalue weighted by molar-refractivity contribution is 5.95. The van der Waals surface area contributed by atoms with Crippen molar-refractivity contribution in [3.63, 3.8) is 0 Å². The fourth-order valence-corrected chi connectivity index (χ4v) is 1.82.